The van der Waals surface area contributed by atoms with Crippen molar-refractivity contribution in [2.24, 2.45) is 11.5 Å². The molecule has 73 valence electrons. The first kappa shape index (κ1) is 23.1. The van der Waals surface area contributed by atoms with Crippen molar-refractivity contribution in [3.8, 4) is 0 Å². The summed E-state index contributed by atoms with van der Waals surface area (Å²) in [5.41, 5.74) is 9.96. The summed E-state index contributed by atoms with van der Waals surface area (Å²) in [6.07, 6.45) is 0. The summed E-state index contributed by atoms with van der Waals surface area (Å²) >= 11 is 4.74. The summed E-state index contributed by atoms with van der Waals surface area (Å²) in [6.45, 7) is 6.54. The van der Waals surface area contributed by atoms with Gasteiger partial charge in [-0.3, -0.25) is 0 Å². The second-order valence-electron chi connectivity index (χ2n) is 1.72. The van der Waals surface area contributed by atoms with Gasteiger partial charge >= 0.3 is 49.4 Å². The van der Waals surface area contributed by atoms with Crippen LogP contribution in [0, 0.1) is 0 Å². The Hall–Kier alpha value is 1.96. The maximum atomic E-state index is 5.11. The molecular formula is C6H20I2N2V. The molecule has 0 aromatic heterocycles. The molecule has 0 aliphatic rings. The molecule has 0 heterocycles. The van der Waals surface area contributed by atoms with Crippen molar-refractivity contribution in [2.75, 3.05) is 6.54 Å². The Morgan fingerprint density at radius 1 is 1.36 bits per heavy atom. The first-order valence-electron chi connectivity index (χ1n) is 2.94. The summed E-state index contributed by atoms with van der Waals surface area (Å²) in [4.78, 5) is 0. The third-order valence-corrected chi connectivity index (χ3v) is 0. The van der Waals surface area contributed by atoms with Crippen LogP contribution in [0.25, 0.3) is 0 Å². The fraction of sp³-hybridized carbons (Fsp3) is 1.00. The SMILES string of the molecule is C.CC(C)N.CCN.[I][V][I]. The normalized spacial score (nSPS) is 6.18. The van der Waals surface area contributed by atoms with Gasteiger partial charge in [0, 0.05) is 0 Å². The number of nitrogens with two attached hydrogens (primary N) is 2. The average Bonchev–Trinajstić information content (AvgIpc) is 1.65. The predicted molar refractivity (Wildman–Crippen MR) is 68.8 cm³/mol. The Balaban J connectivity index is -0.0000000325. The molecule has 0 spiro atoms. The van der Waals surface area contributed by atoms with Crippen LogP contribution in [0.1, 0.15) is 28.2 Å². The van der Waals surface area contributed by atoms with Gasteiger partial charge in [-0.25, -0.2) is 0 Å². The molecule has 0 aliphatic heterocycles. The molecule has 0 aromatic carbocycles. The Morgan fingerprint density at radius 3 is 1.36 bits per heavy atom. The summed E-state index contributed by atoms with van der Waals surface area (Å²) in [6, 6.07) is 0.333. The minimum absolute atomic E-state index is 0. The summed E-state index contributed by atoms with van der Waals surface area (Å²) < 4.78 is 0. The van der Waals surface area contributed by atoms with E-state index in [9.17, 15) is 0 Å². The van der Waals surface area contributed by atoms with Gasteiger partial charge in [0.1, 0.15) is 0 Å². The van der Waals surface area contributed by atoms with Crippen molar-refractivity contribution in [3.05, 3.63) is 0 Å². The van der Waals surface area contributed by atoms with E-state index in [-0.39, 0.29) is 7.43 Å². The molecule has 5 heteroatoms. The van der Waals surface area contributed by atoms with Crippen LogP contribution in [0.15, 0.2) is 0 Å². The zero-order chi connectivity index (χ0) is 8.99. The average molecular weight is 425 g/mol. The maximum absolute atomic E-state index is 5.11. The van der Waals surface area contributed by atoms with E-state index in [1.54, 1.807) is 0 Å². The number of rotatable bonds is 0. The minimum atomic E-state index is 0. The molecule has 0 aromatic rings. The van der Waals surface area contributed by atoms with E-state index in [0.717, 1.165) is 6.54 Å². The molecule has 0 radical (unpaired) electrons. The van der Waals surface area contributed by atoms with Crippen molar-refractivity contribution in [3.63, 3.8) is 0 Å². The number of halogens is 2. The second kappa shape index (κ2) is 29.7. The molecule has 0 rings (SSSR count). The van der Waals surface area contributed by atoms with Gasteiger partial charge in [-0.05, 0) is 12.6 Å². The Morgan fingerprint density at radius 2 is 1.36 bits per heavy atom. The Kier molecular flexibility index (Phi) is 62.3. The molecule has 0 saturated heterocycles. The molecule has 11 heavy (non-hydrogen) atoms. The van der Waals surface area contributed by atoms with Crippen LogP contribution in [0.4, 0.5) is 0 Å². The van der Waals surface area contributed by atoms with Crippen LogP contribution in [0.3, 0.4) is 0 Å². The van der Waals surface area contributed by atoms with Gasteiger partial charge in [0.05, 0.1) is 0 Å². The topological polar surface area (TPSA) is 52.0 Å². The molecule has 2 nitrogen and oxygen atoms in total. The molecule has 0 fully saturated rings. The van der Waals surface area contributed by atoms with Gasteiger partial charge < -0.3 is 11.5 Å². The van der Waals surface area contributed by atoms with E-state index in [4.69, 9.17) is 11.5 Å². The summed E-state index contributed by atoms with van der Waals surface area (Å²) in [5.74, 6) is 0. The van der Waals surface area contributed by atoms with Crippen molar-refractivity contribution in [1.82, 2.24) is 0 Å². The van der Waals surface area contributed by atoms with Gasteiger partial charge in [-0.2, -0.15) is 0 Å². The quantitative estimate of drug-likeness (QED) is 0.587. The van der Waals surface area contributed by atoms with Gasteiger partial charge in [0.15, 0.2) is 0 Å². The first-order valence-corrected chi connectivity index (χ1v) is 12.0. The van der Waals surface area contributed by atoms with Crippen LogP contribution in [-0.2, 0) is 9.47 Å². The zero-order valence-corrected chi connectivity index (χ0v) is 12.4. The van der Waals surface area contributed by atoms with Gasteiger partial charge in [-0.15, -0.1) is 0 Å². The number of hydrogen-bond acceptors (Lipinski definition) is 2. The third kappa shape index (κ3) is 308. The predicted octanol–water partition coefficient (Wildman–Crippen LogP) is 2.72. The van der Waals surface area contributed by atoms with Crippen molar-refractivity contribution >= 4 is 40.0 Å². The van der Waals surface area contributed by atoms with E-state index >= 15 is 0 Å². The van der Waals surface area contributed by atoms with Crippen molar-refractivity contribution in [1.29, 1.82) is 0 Å². The van der Waals surface area contributed by atoms with E-state index in [0.29, 0.717) is 15.5 Å². The summed E-state index contributed by atoms with van der Waals surface area (Å²) in [7, 11) is 0.628. The molecule has 0 amide bonds. The molecule has 0 saturated carbocycles. The van der Waals surface area contributed by atoms with Crippen molar-refractivity contribution in [2.45, 2.75) is 34.2 Å². The first-order chi connectivity index (χ1) is 4.56. The standard InChI is InChI=1S/C3H9N.C2H7N.CH4.2HI.V/c1-3(2)4;1-2-3;;;;/h3H,4H2,1-2H3;2-3H2,1H3;1H4;2*1H;/q;;;;;+2/p-2. The van der Waals surface area contributed by atoms with E-state index in [2.05, 4.69) is 40.0 Å². The van der Waals surface area contributed by atoms with Crippen LogP contribution >= 0.6 is 40.0 Å². The monoisotopic (exact) mass is 425 g/mol. The van der Waals surface area contributed by atoms with Gasteiger partial charge in [0.25, 0.3) is 0 Å². The third-order valence-electron chi connectivity index (χ3n) is 0. The van der Waals surface area contributed by atoms with Crippen LogP contribution in [0.5, 0.6) is 0 Å². The van der Waals surface area contributed by atoms with E-state index in [1.165, 1.54) is 0 Å². The molecule has 0 bridgehead atoms. The fourth-order valence-corrected chi connectivity index (χ4v) is 0. The van der Waals surface area contributed by atoms with Gasteiger partial charge in [0.2, 0.25) is 0 Å². The van der Waals surface area contributed by atoms with E-state index in [1.807, 2.05) is 20.8 Å². The van der Waals surface area contributed by atoms with Crippen molar-refractivity contribution < 1.29 is 9.47 Å². The Labute approximate surface area is 100 Å². The molecule has 4 N–H and O–H groups in total. The second-order valence-corrected chi connectivity index (χ2v) is 13.5. The fourth-order valence-electron chi connectivity index (χ4n) is 0. The van der Waals surface area contributed by atoms with Crippen LogP contribution < -0.4 is 11.5 Å². The number of hydrogen-bond donors (Lipinski definition) is 2. The van der Waals surface area contributed by atoms with Crippen LogP contribution in [-0.4, -0.2) is 12.6 Å². The molecular weight excluding hydrogens is 405 g/mol. The molecule has 0 aliphatic carbocycles. The summed E-state index contributed by atoms with van der Waals surface area (Å²) in [5, 5.41) is 0. The molecule has 0 unspecified atom stereocenters. The van der Waals surface area contributed by atoms with Gasteiger partial charge in [-0.1, -0.05) is 28.2 Å². The molecule has 0 atom stereocenters. The zero-order valence-electron chi connectivity index (χ0n) is 6.64. The van der Waals surface area contributed by atoms with Crippen LogP contribution in [0.2, 0.25) is 0 Å². The Bertz CT molecular complexity index is 35.0. The van der Waals surface area contributed by atoms with E-state index < -0.39 is 0 Å².